The SMILES string of the molecule is [Pb].[Pb].[Pb].[U]. The van der Waals surface area contributed by atoms with Crippen LogP contribution in [-0.2, 0) is 0 Å². The van der Waals surface area contributed by atoms with E-state index in [2.05, 4.69) is 0 Å². The van der Waals surface area contributed by atoms with E-state index < -0.39 is 0 Å². The van der Waals surface area contributed by atoms with Gasteiger partial charge in [0.05, 0.1) is 0 Å². The Morgan fingerprint density at radius 1 is 0.500 bits per heavy atom. The Kier molecular flexibility index (Phi) is 98.7. The summed E-state index contributed by atoms with van der Waals surface area (Å²) in [6.07, 6.45) is 0. The molecule has 0 fully saturated rings. The number of hydrogen-bond acceptors (Lipinski definition) is 0. The summed E-state index contributed by atoms with van der Waals surface area (Å²) in [4.78, 5) is 0. The summed E-state index contributed by atoms with van der Waals surface area (Å²) >= 11 is 0. The van der Waals surface area contributed by atoms with Gasteiger partial charge in [0.1, 0.15) is 0 Å². The second-order valence-corrected chi connectivity index (χ2v) is 0. The Morgan fingerprint density at radius 3 is 0.500 bits per heavy atom. The molecule has 4 heteroatoms. The van der Waals surface area contributed by atoms with E-state index in [1.165, 1.54) is 0 Å². The van der Waals surface area contributed by atoms with Crippen LogP contribution in [0, 0.1) is 31.1 Å². The zero-order valence-corrected chi connectivity index (χ0v) is 17.8. The molecular weight excluding hydrogens is 860 g/mol. The van der Waals surface area contributed by atoms with Gasteiger partial charge in [0, 0.05) is 113 Å². The maximum atomic E-state index is 0. The maximum absolute atomic E-state index is 0. The van der Waals surface area contributed by atoms with Crippen LogP contribution in [0.25, 0.3) is 0 Å². The molecule has 16 valence electrons. The third kappa shape index (κ3) is 9.26. The molecule has 0 unspecified atom stereocenters. The zero-order valence-electron chi connectivity index (χ0n) is 2.00. The molecule has 0 aliphatic carbocycles. The first-order chi connectivity index (χ1) is 0. The summed E-state index contributed by atoms with van der Waals surface area (Å²) in [5.41, 5.74) is 0. The molecule has 0 nitrogen and oxygen atoms in total. The molecule has 0 saturated carbocycles. The van der Waals surface area contributed by atoms with Crippen LogP contribution in [-0.4, -0.2) is 81.9 Å². The van der Waals surface area contributed by atoms with Crippen molar-refractivity contribution in [1.82, 2.24) is 0 Å². The van der Waals surface area contributed by atoms with Crippen molar-refractivity contribution >= 4 is 81.9 Å². The summed E-state index contributed by atoms with van der Waals surface area (Å²) in [6, 6.07) is 0. The third-order valence-corrected chi connectivity index (χ3v) is 0. The van der Waals surface area contributed by atoms with Gasteiger partial charge in [-0.15, -0.1) is 0 Å². The van der Waals surface area contributed by atoms with E-state index in [1.54, 1.807) is 0 Å². The van der Waals surface area contributed by atoms with Gasteiger partial charge in [-0.05, 0) is 0 Å². The molecule has 0 N–H and O–H groups in total. The van der Waals surface area contributed by atoms with E-state index in [1.807, 2.05) is 0 Å². The second-order valence-electron chi connectivity index (χ2n) is 0. The Hall–Kier alpha value is 3.82. The van der Waals surface area contributed by atoms with Crippen LogP contribution in [0.2, 0.25) is 0 Å². The predicted octanol–water partition coefficient (Wildman–Crippen LogP) is -1.14. The van der Waals surface area contributed by atoms with E-state index in [-0.39, 0.29) is 113 Å². The Morgan fingerprint density at radius 2 is 0.500 bits per heavy atom. The molecule has 0 heterocycles. The van der Waals surface area contributed by atoms with E-state index in [0.29, 0.717) is 0 Å². The van der Waals surface area contributed by atoms with Gasteiger partial charge in [-0.1, -0.05) is 0 Å². The minimum absolute atomic E-state index is 0. The molecule has 0 aromatic rings. The zero-order chi connectivity index (χ0) is 0. The first-order valence-corrected chi connectivity index (χ1v) is 0. The van der Waals surface area contributed by atoms with Crippen LogP contribution < -0.4 is 0 Å². The molecule has 0 saturated heterocycles. The molecule has 0 rings (SSSR count). The fraction of sp³-hybridized carbons (Fsp3) is 0. The van der Waals surface area contributed by atoms with Gasteiger partial charge in [-0.25, -0.2) is 0 Å². The van der Waals surface area contributed by atoms with E-state index in [9.17, 15) is 0 Å². The molecule has 12 radical (unpaired) electrons. The van der Waals surface area contributed by atoms with Crippen LogP contribution in [0.15, 0.2) is 0 Å². The molecule has 0 bridgehead atoms. The topological polar surface area (TPSA) is 0 Å². The van der Waals surface area contributed by atoms with Crippen molar-refractivity contribution in [2.75, 3.05) is 0 Å². The van der Waals surface area contributed by atoms with Crippen LogP contribution in [0.3, 0.4) is 0 Å². The molecule has 0 atom stereocenters. The van der Waals surface area contributed by atoms with Crippen LogP contribution in [0.5, 0.6) is 0 Å². The Bertz CT molecular complexity index is 3.25. The third-order valence-electron chi connectivity index (χ3n) is 0. The standard InChI is InChI=1S/3Pb.U. The van der Waals surface area contributed by atoms with Gasteiger partial charge in [-0.3, -0.25) is 0 Å². The first-order valence-electron chi connectivity index (χ1n) is 0. The summed E-state index contributed by atoms with van der Waals surface area (Å²) < 4.78 is 0. The van der Waals surface area contributed by atoms with Gasteiger partial charge in [0.25, 0.3) is 0 Å². The van der Waals surface area contributed by atoms with Crippen molar-refractivity contribution in [1.29, 1.82) is 0 Å². The van der Waals surface area contributed by atoms with Gasteiger partial charge in [0.15, 0.2) is 0 Å². The fourth-order valence-electron chi connectivity index (χ4n) is 0. The van der Waals surface area contributed by atoms with Crippen molar-refractivity contribution in [3.05, 3.63) is 0 Å². The maximum Gasteiger partial charge on any atom is 0 e. The van der Waals surface area contributed by atoms with Crippen molar-refractivity contribution in [3.8, 4) is 0 Å². The van der Waals surface area contributed by atoms with Crippen molar-refractivity contribution in [2.24, 2.45) is 0 Å². The molecule has 0 aromatic carbocycles. The van der Waals surface area contributed by atoms with E-state index in [0.717, 1.165) is 0 Å². The van der Waals surface area contributed by atoms with E-state index in [4.69, 9.17) is 0 Å². The Labute approximate surface area is 110 Å². The summed E-state index contributed by atoms with van der Waals surface area (Å²) in [5, 5.41) is 0. The minimum atomic E-state index is 0. The molecule has 0 aliphatic rings. The normalized spacial score (nSPS) is 0. The summed E-state index contributed by atoms with van der Waals surface area (Å²) in [6.45, 7) is 0. The second kappa shape index (κ2) is 15.8. The van der Waals surface area contributed by atoms with Crippen molar-refractivity contribution in [3.63, 3.8) is 0 Å². The van der Waals surface area contributed by atoms with Crippen LogP contribution >= 0.6 is 0 Å². The molecule has 0 aromatic heterocycles. The van der Waals surface area contributed by atoms with E-state index >= 15 is 0 Å². The number of hydrogen-bond donors (Lipinski definition) is 0. The predicted molar refractivity (Wildman–Crippen MR) is 17.3 cm³/mol. The van der Waals surface area contributed by atoms with Crippen LogP contribution in [0.4, 0.5) is 0 Å². The number of rotatable bonds is 0. The average Bonchev–Trinajstić information content (AvgIpc) is 0. The largest absolute Gasteiger partial charge is 0 e. The van der Waals surface area contributed by atoms with Crippen molar-refractivity contribution < 1.29 is 31.1 Å². The molecular formula is Pb3U. The molecule has 0 aliphatic heterocycles. The molecule has 0 amide bonds. The monoisotopic (exact) mass is 862 g/mol. The van der Waals surface area contributed by atoms with Gasteiger partial charge in [-0.2, -0.15) is 0 Å². The summed E-state index contributed by atoms with van der Waals surface area (Å²) in [5.74, 6) is 0. The minimum Gasteiger partial charge on any atom is 0 e. The van der Waals surface area contributed by atoms with Crippen molar-refractivity contribution in [2.45, 2.75) is 0 Å². The Balaban J connectivity index is 0. The molecule has 0 spiro atoms. The van der Waals surface area contributed by atoms with Gasteiger partial charge >= 0.3 is 0 Å². The van der Waals surface area contributed by atoms with Gasteiger partial charge in [0.2, 0.25) is 0 Å². The van der Waals surface area contributed by atoms with Gasteiger partial charge < -0.3 is 0 Å². The average molecular weight is 860 g/mol. The first kappa shape index (κ1) is 24.9. The summed E-state index contributed by atoms with van der Waals surface area (Å²) in [7, 11) is 0. The van der Waals surface area contributed by atoms with Crippen LogP contribution in [0.1, 0.15) is 0 Å². The smallest absolute Gasteiger partial charge is 0 e. The molecule has 4 heavy (non-hydrogen) atoms. The quantitative estimate of drug-likeness (QED) is 0.271. The fourth-order valence-corrected chi connectivity index (χ4v) is 0.